The largest absolute Gasteiger partial charge is 0.481 e. The predicted molar refractivity (Wildman–Crippen MR) is 67.7 cm³/mol. The number of nitrogens with zero attached hydrogens (tertiary/aromatic N) is 3. The van der Waals surface area contributed by atoms with Gasteiger partial charge in [-0.25, -0.2) is 9.97 Å². The molecule has 5 nitrogen and oxygen atoms in total. The van der Waals surface area contributed by atoms with Gasteiger partial charge in [0.1, 0.15) is 5.82 Å². The van der Waals surface area contributed by atoms with Crippen molar-refractivity contribution in [3.8, 4) is 5.88 Å². The van der Waals surface area contributed by atoms with Gasteiger partial charge in [0.2, 0.25) is 11.0 Å². The Bertz CT molecular complexity index is 469. The molecule has 0 fully saturated rings. The van der Waals surface area contributed by atoms with Gasteiger partial charge in [0.25, 0.3) is 0 Å². The van der Waals surface area contributed by atoms with Gasteiger partial charge in [-0.1, -0.05) is 6.07 Å². The molecular weight excluding hydrogens is 236 g/mol. The van der Waals surface area contributed by atoms with Crippen LogP contribution in [0.15, 0.2) is 18.3 Å². The van der Waals surface area contributed by atoms with Gasteiger partial charge >= 0.3 is 0 Å². The van der Waals surface area contributed by atoms with E-state index in [-0.39, 0.29) is 0 Å². The number of aromatic nitrogens is 3. The molecule has 2 aromatic heterocycles. The van der Waals surface area contributed by atoms with Crippen LogP contribution in [0.4, 0.5) is 5.13 Å². The van der Waals surface area contributed by atoms with Gasteiger partial charge < -0.3 is 10.1 Å². The lowest BCUT2D eigenvalue weighted by atomic mass is 10.2. The van der Waals surface area contributed by atoms with Crippen molar-refractivity contribution in [1.29, 1.82) is 0 Å². The predicted octanol–water partition coefficient (Wildman–Crippen LogP) is 1.96. The topological polar surface area (TPSA) is 59.9 Å². The normalized spacial score (nSPS) is 10.2. The first-order chi connectivity index (χ1) is 8.31. The summed E-state index contributed by atoms with van der Waals surface area (Å²) in [5.74, 6) is 1.44. The second-order valence-electron chi connectivity index (χ2n) is 3.43. The van der Waals surface area contributed by atoms with E-state index in [4.69, 9.17) is 4.74 Å². The van der Waals surface area contributed by atoms with Crippen LogP contribution in [0, 0.1) is 0 Å². The fraction of sp³-hybridized carbons (Fsp3) is 0.364. The molecule has 6 heteroatoms. The summed E-state index contributed by atoms with van der Waals surface area (Å²) in [5.41, 5.74) is 1.08. The maximum Gasteiger partial charge on any atom is 0.212 e. The Morgan fingerprint density at radius 3 is 2.94 bits per heavy atom. The smallest absolute Gasteiger partial charge is 0.212 e. The number of rotatable bonds is 5. The number of hydrogen-bond donors (Lipinski definition) is 1. The van der Waals surface area contributed by atoms with Gasteiger partial charge in [0.05, 0.1) is 7.11 Å². The molecule has 0 amide bonds. The van der Waals surface area contributed by atoms with Crippen LogP contribution in [0.5, 0.6) is 5.88 Å². The summed E-state index contributed by atoms with van der Waals surface area (Å²) < 4.78 is 9.29. The van der Waals surface area contributed by atoms with E-state index in [9.17, 15) is 0 Å². The number of nitrogens with one attached hydrogen (secondary N) is 1. The maximum atomic E-state index is 5.01. The molecule has 0 aliphatic carbocycles. The number of anilines is 1. The Morgan fingerprint density at radius 1 is 1.41 bits per heavy atom. The van der Waals surface area contributed by atoms with E-state index in [1.807, 2.05) is 19.1 Å². The van der Waals surface area contributed by atoms with Crippen molar-refractivity contribution >= 4 is 16.7 Å². The van der Waals surface area contributed by atoms with Gasteiger partial charge in [0.15, 0.2) is 0 Å². The molecule has 0 unspecified atom stereocenters. The first-order valence-corrected chi connectivity index (χ1v) is 6.14. The number of pyridine rings is 1. The van der Waals surface area contributed by atoms with Crippen LogP contribution in [0.3, 0.4) is 0 Å². The third-order valence-electron chi connectivity index (χ3n) is 2.17. The molecular formula is C11H14N4OS. The standard InChI is InChI=1S/C11H14N4OS/c1-3-12-11-14-9(15-17-11)6-8-4-5-10(16-2)13-7-8/h4-5,7H,3,6H2,1-2H3,(H,12,14,15). The molecule has 0 atom stereocenters. The van der Waals surface area contributed by atoms with Crippen molar-refractivity contribution < 1.29 is 4.74 Å². The van der Waals surface area contributed by atoms with Crippen molar-refractivity contribution in [2.24, 2.45) is 0 Å². The van der Waals surface area contributed by atoms with Crippen molar-refractivity contribution in [2.45, 2.75) is 13.3 Å². The molecule has 2 aromatic rings. The second kappa shape index (κ2) is 5.58. The summed E-state index contributed by atoms with van der Waals surface area (Å²) in [7, 11) is 1.60. The monoisotopic (exact) mass is 250 g/mol. The Hall–Kier alpha value is -1.69. The molecule has 0 saturated carbocycles. The zero-order chi connectivity index (χ0) is 12.1. The molecule has 2 heterocycles. The van der Waals surface area contributed by atoms with Crippen molar-refractivity contribution in [3.63, 3.8) is 0 Å². The summed E-state index contributed by atoms with van der Waals surface area (Å²) in [6, 6.07) is 3.81. The Kier molecular flexibility index (Phi) is 3.87. The average molecular weight is 250 g/mol. The van der Waals surface area contributed by atoms with Gasteiger partial charge in [0, 0.05) is 36.8 Å². The summed E-state index contributed by atoms with van der Waals surface area (Å²) >= 11 is 1.38. The summed E-state index contributed by atoms with van der Waals surface area (Å²) in [4.78, 5) is 8.52. The minimum Gasteiger partial charge on any atom is -0.481 e. The van der Waals surface area contributed by atoms with Crippen LogP contribution in [-0.4, -0.2) is 28.0 Å². The minimum absolute atomic E-state index is 0.619. The van der Waals surface area contributed by atoms with E-state index in [2.05, 4.69) is 19.7 Å². The SMILES string of the molecule is CCNc1nc(Cc2ccc(OC)nc2)ns1. The first kappa shape index (κ1) is 11.8. The highest BCUT2D eigenvalue weighted by molar-refractivity contribution is 7.09. The van der Waals surface area contributed by atoms with E-state index in [0.29, 0.717) is 12.3 Å². The molecule has 1 N–H and O–H groups in total. The Morgan fingerprint density at radius 2 is 2.29 bits per heavy atom. The number of hydrogen-bond acceptors (Lipinski definition) is 6. The number of ether oxygens (including phenoxy) is 1. The van der Waals surface area contributed by atoms with Gasteiger partial charge in [-0.2, -0.15) is 4.37 Å². The molecule has 17 heavy (non-hydrogen) atoms. The maximum absolute atomic E-state index is 5.01. The molecule has 0 aliphatic heterocycles. The van der Waals surface area contributed by atoms with Crippen LogP contribution in [-0.2, 0) is 6.42 Å². The Balaban J connectivity index is 2.03. The van der Waals surface area contributed by atoms with E-state index < -0.39 is 0 Å². The molecule has 0 aliphatic rings. The average Bonchev–Trinajstić information content (AvgIpc) is 2.78. The summed E-state index contributed by atoms with van der Waals surface area (Å²) in [5, 5.41) is 4.01. The highest BCUT2D eigenvalue weighted by Gasteiger charge is 2.04. The molecule has 0 aromatic carbocycles. The quantitative estimate of drug-likeness (QED) is 0.879. The number of methoxy groups -OCH3 is 1. The fourth-order valence-electron chi connectivity index (χ4n) is 1.37. The van der Waals surface area contributed by atoms with Gasteiger partial charge in [-0.3, -0.25) is 0 Å². The molecule has 0 spiro atoms. The van der Waals surface area contributed by atoms with Crippen LogP contribution in [0.1, 0.15) is 18.3 Å². The third-order valence-corrected chi connectivity index (χ3v) is 2.88. The lowest BCUT2D eigenvalue weighted by Gasteiger charge is -1.99. The lowest BCUT2D eigenvalue weighted by Crippen LogP contribution is -1.97. The summed E-state index contributed by atoms with van der Waals surface area (Å²) in [6.07, 6.45) is 2.48. The van der Waals surface area contributed by atoms with Gasteiger partial charge in [-0.05, 0) is 12.5 Å². The van der Waals surface area contributed by atoms with Crippen LogP contribution < -0.4 is 10.1 Å². The van der Waals surface area contributed by atoms with Gasteiger partial charge in [-0.15, -0.1) is 0 Å². The molecule has 0 bridgehead atoms. The Labute approximate surface area is 104 Å². The second-order valence-corrected chi connectivity index (χ2v) is 4.18. The minimum atomic E-state index is 0.619. The highest BCUT2D eigenvalue weighted by atomic mass is 32.1. The van der Waals surface area contributed by atoms with Crippen molar-refractivity contribution in [1.82, 2.24) is 14.3 Å². The van der Waals surface area contributed by atoms with Crippen LogP contribution in [0.25, 0.3) is 0 Å². The lowest BCUT2D eigenvalue weighted by molar-refractivity contribution is 0.397. The van der Waals surface area contributed by atoms with Crippen molar-refractivity contribution in [2.75, 3.05) is 19.0 Å². The zero-order valence-electron chi connectivity index (χ0n) is 9.80. The molecule has 2 rings (SSSR count). The van der Waals surface area contributed by atoms with E-state index in [1.54, 1.807) is 13.3 Å². The molecule has 90 valence electrons. The third kappa shape index (κ3) is 3.13. The van der Waals surface area contributed by atoms with Crippen LogP contribution >= 0.6 is 11.5 Å². The van der Waals surface area contributed by atoms with E-state index in [1.165, 1.54) is 11.5 Å². The first-order valence-electron chi connectivity index (χ1n) is 5.37. The highest BCUT2D eigenvalue weighted by Crippen LogP contribution is 2.14. The fourth-order valence-corrected chi connectivity index (χ4v) is 2.02. The zero-order valence-corrected chi connectivity index (χ0v) is 10.6. The molecule has 0 saturated heterocycles. The van der Waals surface area contributed by atoms with Crippen LogP contribution in [0.2, 0.25) is 0 Å². The summed E-state index contributed by atoms with van der Waals surface area (Å²) in [6.45, 7) is 2.90. The van der Waals surface area contributed by atoms with E-state index >= 15 is 0 Å². The van der Waals surface area contributed by atoms with Crippen molar-refractivity contribution in [3.05, 3.63) is 29.7 Å². The molecule has 0 radical (unpaired) electrons. The van der Waals surface area contributed by atoms with E-state index in [0.717, 1.165) is 23.1 Å².